The van der Waals surface area contributed by atoms with Crippen LogP contribution in [-0.2, 0) is 9.47 Å². The number of methoxy groups -OCH3 is 1. The van der Waals surface area contributed by atoms with Gasteiger partial charge in [0.05, 0.1) is 36.0 Å². The fourth-order valence-electron chi connectivity index (χ4n) is 4.10. The fourth-order valence-corrected chi connectivity index (χ4v) is 4.10. The summed E-state index contributed by atoms with van der Waals surface area (Å²) in [7, 11) is 1.32. The Hall–Kier alpha value is -3.87. The number of Topliss-reactive ketones (excluding diaryl/α,β-unsaturated/α-hetero) is 1. The summed E-state index contributed by atoms with van der Waals surface area (Å²) in [5.74, 6) is 0.0833. The third kappa shape index (κ3) is 4.99. The molecule has 2 heterocycles. The fraction of sp³-hybridized carbons (Fsp3) is 0.321. The number of aromatic nitrogens is 1. The molecule has 35 heavy (non-hydrogen) atoms. The number of carbonyl (C=O) groups is 3. The maximum absolute atomic E-state index is 13.3. The van der Waals surface area contributed by atoms with E-state index in [1.807, 2.05) is 32.0 Å². The molecule has 0 spiro atoms. The Kier molecular flexibility index (Phi) is 6.05. The van der Waals surface area contributed by atoms with Crippen LogP contribution in [0, 0.1) is 0 Å². The number of fused-ring (bicyclic) bond motifs is 1. The molecule has 0 atom stereocenters. The summed E-state index contributed by atoms with van der Waals surface area (Å²) < 4.78 is 17.9. The molecule has 0 radical (unpaired) electrons. The van der Waals surface area contributed by atoms with E-state index in [0.717, 1.165) is 0 Å². The molecule has 7 heteroatoms. The van der Waals surface area contributed by atoms with Crippen molar-refractivity contribution in [1.29, 1.82) is 0 Å². The summed E-state index contributed by atoms with van der Waals surface area (Å²) in [4.78, 5) is 38.0. The Morgan fingerprint density at radius 2 is 1.54 bits per heavy atom. The van der Waals surface area contributed by atoms with Gasteiger partial charge in [0, 0.05) is 0 Å². The van der Waals surface area contributed by atoms with Gasteiger partial charge < -0.3 is 14.2 Å². The Balaban J connectivity index is 1.82. The topological polar surface area (TPSA) is 83.8 Å². The monoisotopic (exact) mass is 475 g/mol. The van der Waals surface area contributed by atoms with Gasteiger partial charge in [-0.15, -0.1) is 0 Å². The van der Waals surface area contributed by atoms with E-state index < -0.39 is 23.3 Å². The first-order valence-electron chi connectivity index (χ1n) is 11.4. The lowest BCUT2D eigenvalue weighted by Gasteiger charge is -2.31. The SMILES string of the molecule is COC(=O)c1ccc(-c2ccc(-c3ccc4c(c3)C(=O)CC(C)(C)O4)n2C(=O)OC(C)(C)C)cc1. The Bertz CT molecular complexity index is 1310. The zero-order valence-corrected chi connectivity index (χ0v) is 20.8. The van der Waals surface area contributed by atoms with Gasteiger partial charge in [0.1, 0.15) is 17.0 Å². The maximum Gasteiger partial charge on any atom is 0.419 e. The van der Waals surface area contributed by atoms with Crippen LogP contribution in [0.15, 0.2) is 54.6 Å². The summed E-state index contributed by atoms with van der Waals surface area (Å²) in [5, 5.41) is 0. The Morgan fingerprint density at radius 1 is 0.943 bits per heavy atom. The normalized spacial score (nSPS) is 14.6. The van der Waals surface area contributed by atoms with Crippen LogP contribution in [0.2, 0.25) is 0 Å². The van der Waals surface area contributed by atoms with Crippen molar-refractivity contribution in [1.82, 2.24) is 4.57 Å². The van der Waals surface area contributed by atoms with Gasteiger partial charge in [-0.3, -0.25) is 4.79 Å². The van der Waals surface area contributed by atoms with Crippen molar-refractivity contribution in [2.75, 3.05) is 7.11 Å². The largest absolute Gasteiger partial charge is 0.487 e. The number of esters is 1. The predicted octanol–water partition coefficient (Wildman–Crippen LogP) is 6.14. The Morgan fingerprint density at radius 3 is 2.14 bits per heavy atom. The lowest BCUT2D eigenvalue weighted by Crippen LogP contribution is -2.35. The van der Waals surface area contributed by atoms with Crippen molar-refractivity contribution in [3.05, 3.63) is 65.7 Å². The third-order valence-corrected chi connectivity index (χ3v) is 5.61. The second-order valence-electron chi connectivity index (χ2n) is 10.2. The van der Waals surface area contributed by atoms with Crippen molar-refractivity contribution in [3.63, 3.8) is 0 Å². The Labute approximate surface area is 204 Å². The number of rotatable bonds is 3. The highest BCUT2D eigenvalue weighted by Gasteiger charge is 2.33. The molecule has 0 bridgehead atoms. The molecule has 4 rings (SSSR count). The van der Waals surface area contributed by atoms with Crippen LogP contribution in [0.3, 0.4) is 0 Å². The van der Waals surface area contributed by atoms with Gasteiger partial charge in [-0.25, -0.2) is 14.2 Å². The molecular weight excluding hydrogens is 446 g/mol. The molecule has 0 N–H and O–H groups in total. The summed E-state index contributed by atoms with van der Waals surface area (Å²) in [6.45, 7) is 9.17. The van der Waals surface area contributed by atoms with Crippen LogP contribution in [-0.4, -0.2) is 40.7 Å². The average Bonchev–Trinajstić information content (AvgIpc) is 3.22. The molecular formula is C28H29NO6. The van der Waals surface area contributed by atoms with Crippen molar-refractivity contribution < 1.29 is 28.6 Å². The van der Waals surface area contributed by atoms with E-state index in [2.05, 4.69) is 0 Å². The lowest BCUT2D eigenvalue weighted by atomic mass is 9.92. The zero-order chi connectivity index (χ0) is 25.5. The number of ketones is 1. The molecule has 0 saturated carbocycles. The predicted molar refractivity (Wildman–Crippen MR) is 132 cm³/mol. The number of hydrogen-bond acceptors (Lipinski definition) is 6. The van der Waals surface area contributed by atoms with Crippen molar-refractivity contribution in [3.8, 4) is 28.3 Å². The van der Waals surface area contributed by atoms with E-state index in [4.69, 9.17) is 14.2 Å². The second-order valence-corrected chi connectivity index (χ2v) is 10.2. The number of hydrogen-bond donors (Lipinski definition) is 0. The minimum atomic E-state index is -0.712. The summed E-state index contributed by atoms with van der Waals surface area (Å²) in [6, 6.07) is 15.8. The second kappa shape index (κ2) is 8.73. The van der Waals surface area contributed by atoms with E-state index in [0.29, 0.717) is 39.4 Å². The van der Waals surface area contributed by atoms with E-state index in [1.165, 1.54) is 11.7 Å². The average molecular weight is 476 g/mol. The molecule has 7 nitrogen and oxygen atoms in total. The van der Waals surface area contributed by atoms with Gasteiger partial charge in [0.25, 0.3) is 0 Å². The highest BCUT2D eigenvalue weighted by molar-refractivity contribution is 6.01. The molecule has 3 aromatic rings. The highest BCUT2D eigenvalue weighted by Crippen LogP contribution is 2.37. The molecule has 0 saturated heterocycles. The van der Waals surface area contributed by atoms with Crippen LogP contribution < -0.4 is 4.74 Å². The van der Waals surface area contributed by atoms with Crippen LogP contribution in [0.5, 0.6) is 5.75 Å². The molecule has 0 aliphatic carbocycles. The molecule has 0 unspecified atom stereocenters. The molecule has 1 aliphatic rings. The minimum absolute atomic E-state index is 0.00732. The van der Waals surface area contributed by atoms with Crippen molar-refractivity contribution >= 4 is 17.8 Å². The minimum Gasteiger partial charge on any atom is -0.487 e. The van der Waals surface area contributed by atoms with E-state index in [9.17, 15) is 14.4 Å². The van der Waals surface area contributed by atoms with E-state index in [-0.39, 0.29) is 12.2 Å². The van der Waals surface area contributed by atoms with Crippen LogP contribution in [0.25, 0.3) is 22.5 Å². The molecule has 1 aliphatic heterocycles. The number of ether oxygens (including phenoxy) is 3. The van der Waals surface area contributed by atoms with Crippen LogP contribution in [0.4, 0.5) is 4.79 Å². The maximum atomic E-state index is 13.3. The van der Waals surface area contributed by atoms with Gasteiger partial charge in [0.15, 0.2) is 5.78 Å². The smallest absolute Gasteiger partial charge is 0.419 e. The van der Waals surface area contributed by atoms with Gasteiger partial charge >= 0.3 is 12.1 Å². The molecule has 2 aromatic carbocycles. The van der Waals surface area contributed by atoms with Gasteiger partial charge in [-0.2, -0.15) is 0 Å². The van der Waals surface area contributed by atoms with E-state index in [1.54, 1.807) is 57.2 Å². The molecule has 0 fully saturated rings. The van der Waals surface area contributed by atoms with Gasteiger partial charge in [-0.05, 0) is 88.2 Å². The van der Waals surface area contributed by atoms with Crippen LogP contribution in [0.1, 0.15) is 61.8 Å². The first kappa shape index (κ1) is 24.3. The highest BCUT2D eigenvalue weighted by atomic mass is 16.6. The standard InChI is InChI=1S/C28H29NO6/c1-27(2,3)35-26(32)29-21(17-7-9-18(10-8-17)25(31)33-6)12-13-22(29)19-11-14-24-20(15-19)23(30)16-28(4,5)34-24/h7-15H,16H2,1-6H3. The summed E-state index contributed by atoms with van der Waals surface area (Å²) in [5.41, 5.74) is 2.18. The van der Waals surface area contributed by atoms with Gasteiger partial charge in [-0.1, -0.05) is 12.1 Å². The van der Waals surface area contributed by atoms with Gasteiger partial charge in [0.2, 0.25) is 0 Å². The quantitative estimate of drug-likeness (QED) is 0.423. The number of nitrogens with zero attached hydrogens (tertiary/aromatic N) is 1. The van der Waals surface area contributed by atoms with Crippen LogP contribution >= 0.6 is 0 Å². The van der Waals surface area contributed by atoms with Crippen molar-refractivity contribution in [2.45, 2.75) is 52.2 Å². The molecule has 182 valence electrons. The summed E-state index contributed by atoms with van der Waals surface area (Å²) >= 11 is 0. The lowest BCUT2D eigenvalue weighted by molar-refractivity contribution is 0.0540. The van der Waals surface area contributed by atoms with E-state index >= 15 is 0 Å². The van der Waals surface area contributed by atoms with Crippen molar-refractivity contribution in [2.24, 2.45) is 0 Å². The summed E-state index contributed by atoms with van der Waals surface area (Å²) in [6.07, 6.45) is -0.278. The first-order chi connectivity index (χ1) is 16.4. The third-order valence-electron chi connectivity index (χ3n) is 5.61. The molecule has 0 amide bonds. The first-order valence-corrected chi connectivity index (χ1v) is 11.4. The zero-order valence-electron chi connectivity index (χ0n) is 20.8. The number of benzene rings is 2. The molecule has 1 aromatic heterocycles. The number of carbonyl (C=O) groups excluding carboxylic acids is 3.